The largest absolute Gasteiger partial charge is 0.507 e. The first-order valence-electron chi connectivity index (χ1n) is 7.12. The smallest absolute Gasteiger partial charge is 0.258 e. The van der Waals surface area contributed by atoms with E-state index in [1.165, 1.54) is 0 Å². The Hall–Kier alpha value is -2.03. The lowest BCUT2D eigenvalue weighted by molar-refractivity contribution is 0.0539. The first kappa shape index (κ1) is 13.0. The van der Waals surface area contributed by atoms with E-state index in [1.54, 1.807) is 24.3 Å². The summed E-state index contributed by atoms with van der Waals surface area (Å²) in [5.41, 5.74) is 0.392. The first-order valence-corrected chi connectivity index (χ1v) is 7.12. The van der Waals surface area contributed by atoms with Gasteiger partial charge in [-0.25, -0.2) is 0 Å². The number of piperidine rings is 1. The summed E-state index contributed by atoms with van der Waals surface area (Å²) in [6.07, 6.45) is 9.35. The molecule has 1 fully saturated rings. The lowest BCUT2D eigenvalue weighted by Gasteiger charge is -2.43. The highest BCUT2D eigenvalue weighted by atomic mass is 16.3. The van der Waals surface area contributed by atoms with Crippen molar-refractivity contribution in [3.05, 3.63) is 54.1 Å². The van der Waals surface area contributed by atoms with Gasteiger partial charge in [0.1, 0.15) is 5.75 Å². The molecule has 3 heteroatoms. The molecular formula is C17H19NO2. The van der Waals surface area contributed by atoms with Gasteiger partial charge in [-0.3, -0.25) is 4.79 Å². The predicted molar refractivity (Wildman–Crippen MR) is 78.5 cm³/mol. The number of hydrogen-bond donors (Lipinski definition) is 1. The third kappa shape index (κ3) is 2.13. The van der Waals surface area contributed by atoms with E-state index in [2.05, 4.69) is 25.2 Å². The fraction of sp³-hybridized carbons (Fsp3) is 0.353. The second kappa shape index (κ2) is 5.16. The summed E-state index contributed by atoms with van der Waals surface area (Å²) in [7, 11) is 0. The molecule has 0 bridgehead atoms. The summed E-state index contributed by atoms with van der Waals surface area (Å²) in [6.45, 7) is 2.98. The molecule has 0 saturated carbocycles. The number of aromatic hydroxyl groups is 1. The van der Waals surface area contributed by atoms with Crippen LogP contribution in [0.3, 0.4) is 0 Å². The first-order chi connectivity index (χ1) is 9.68. The molecule has 1 N–H and O–H groups in total. The minimum Gasteiger partial charge on any atom is -0.507 e. The molecule has 1 aromatic rings. The Morgan fingerprint density at radius 2 is 2.00 bits per heavy atom. The number of para-hydroxylation sites is 1. The average molecular weight is 269 g/mol. The summed E-state index contributed by atoms with van der Waals surface area (Å²) >= 11 is 0. The molecule has 3 atom stereocenters. The fourth-order valence-corrected chi connectivity index (χ4v) is 3.18. The minimum absolute atomic E-state index is 0.0583. The maximum Gasteiger partial charge on any atom is 0.258 e. The monoisotopic (exact) mass is 269 g/mol. The van der Waals surface area contributed by atoms with Gasteiger partial charge in [0.2, 0.25) is 0 Å². The molecule has 0 spiro atoms. The van der Waals surface area contributed by atoms with Crippen molar-refractivity contribution in [2.45, 2.75) is 19.4 Å². The van der Waals surface area contributed by atoms with Crippen molar-refractivity contribution in [3.8, 4) is 5.75 Å². The fourth-order valence-electron chi connectivity index (χ4n) is 3.18. The Labute approximate surface area is 119 Å². The number of fused-ring (bicyclic) bond motifs is 1. The highest BCUT2D eigenvalue weighted by Gasteiger charge is 2.36. The van der Waals surface area contributed by atoms with Gasteiger partial charge in [-0.05, 0) is 24.5 Å². The van der Waals surface area contributed by atoms with Crippen molar-refractivity contribution in [3.63, 3.8) is 0 Å². The molecule has 2 aliphatic rings. The van der Waals surface area contributed by atoms with Crippen LogP contribution < -0.4 is 0 Å². The van der Waals surface area contributed by atoms with Crippen LogP contribution >= 0.6 is 0 Å². The van der Waals surface area contributed by atoms with Gasteiger partial charge in [0.05, 0.1) is 11.6 Å². The summed E-state index contributed by atoms with van der Waals surface area (Å²) < 4.78 is 0. The van der Waals surface area contributed by atoms with Gasteiger partial charge in [-0.2, -0.15) is 0 Å². The van der Waals surface area contributed by atoms with Crippen LogP contribution in [0.1, 0.15) is 23.7 Å². The van der Waals surface area contributed by atoms with Crippen molar-refractivity contribution in [1.29, 1.82) is 0 Å². The maximum absolute atomic E-state index is 12.7. The third-order valence-corrected chi connectivity index (χ3v) is 4.38. The zero-order valence-electron chi connectivity index (χ0n) is 11.6. The second-order valence-corrected chi connectivity index (χ2v) is 5.62. The van der Waals surface area contributed by atoms with Crippen molar-refractivity contribution in [1.82, 2.24) is 4.90 Å². The summed E-state index contributed by atoms with van der Waals surface area (Å²) in [4.78, 5) is 14.6. The molecule has 20 heavy (non-hydrogen) atoms. The van der Waals surface area contributed by atoms with Crippen molar-refractivity contribution in [2.24, 2.45) is 11.8 Å². The molecule has 3 rings (SSSR count). The topological polar surface area (TPSA) is 40.5 Å². The molecule has 1 aliphatic heterocycles. The van der Waals surface area contributed by atoms with Gasteiger partial charge >= 0.3 is 0 Å². The Morgan fingerprint density at radius 3 is 2.80 bits per heavy atom. The van der Waals surface area contributed by atoms with E-state index >= 15 is 0 Å². The Kier molecular flexibility index (Phi) is 3.35. The molecule has 0 aromatic heterocycles. The zero-order valence-corrected chi connectivity index (χ0v) is 11.6. The Balaban J connectivity index is 1.90. The van der Waals surface area contributed by atoms with Crippen LogP contribution in [0.25, 0.3) is 0 Å². The van der Waals surface area contributed by atoms with E-state index < -0.39 is 0 Å². The maximum atomic E-state index is 12.7. The van der Waals surface area contributed by atoms with Crippen LogP contribution in [-0.2, 0) is 0 Å². The molecule has 0 radical (unpaired) electrons. The van der Waals surface area contributed by atoms with Crippen LogP contribution in [0.4, 0.5) is 0 Å². The molecular weight excluding hydrogens is 250 g/mol. The lowest BCUT2D eigenvalue weighted by atomic mass is 9.78. The standard InChI is InChI=1S/C17H19NO2/c1-12-10-11-18(15-8-4-2-6-13(12)15)17(20)14-7-3-5-9-16(14)19/h2-9,12-13,15,19H,10-11H2,1H3/t12-,13-,15+/m1/s1. The number of hydrogen-bond acceptors (Lipinski definition) is 2. The van der Waals surface area contributed by atoms with Crippen LogP contribution in [0.2, 0.25) is 0 Å². The van der Waals surface area contributed by atoms with E-state index in [1.807, 2.05) is 11.0 Å². The van der Waals surface area contributed by atoms with Crippen molar-refractivity contribution in [2.75, 3.05) is 6.54 Å². The van der Waals surface area contributed by atoms with Gasteiger partial charge in [0.15, 0.2) is 0 Å². The number of nitrogens with zero attached hydrogens (tertiary/aromatic N) is 1. The molecule has 3 nitrogen and oxygen atoms in total. The van der Waals surface area contributed by atoms with Gasteiger partial charge < -0.3 is 10.0 Å². The van der Waals surface area contributed by atoms with E-state index in [9.17, 15) is 9.90 Å². The molecule has 1 amide bonds. The van der Waals surface area contributed by atoms with E-state index in [0.717, 1.165) is 13.0 Å². The number of allylic oxidation sites excluding steroid dienone is 2. The molecule has 0 unspecified atom stereocenters. The molecule has 1 aliphatic carbocycles. The molecule has 104 valence electrons. The third-order valence-electron chi connectivity index (χ3n) is 4.38. The van der Waals surface area contributed by atoms with Crippen LogP contribution in [0, 0.1) is 11.8 Å². The number of rotatable bonds is 1. The molecule has 1 heterocycles. The zero-order chi connectivity index (χ0) is 14.1. The molecule has 1 saturated heterocycles. The van der Waals surface area contributed by atoms with E-state index in [4.69, 9.17) is 0 Å². The number of benzene rings is 1. The number of carbonyl (C=O) groups is 1. The summed E-state index contributed by atoms with van der Waals surface area (Å²) in [6, 6.07) is 6.88. The normalized spacial score (nSPS) is 28.2. The van der Waals surface area contributed by atoms with Crippen LogP contribution in [-0.4, -0.2) is 28.5 Å². The van der Waals surface area contributed by atoms with Crippen molar-refractivity contribution >= 4 is 5.91 Å². The highest BCUT2D eigenvalue weighted by Crippen LogP contribution is 2.34. The van der Waals surface area contributed by atoms with Crippen molar-refractivity contribution < 1.29 is 9.90 Å². The van der Waals surface area contributed by atoms with Gasteiger partial charge in [-0.15, -0.1) is 0 Å². The summed E-state index contributed by atoms with van der Waals surface area (Å²) in [5.74, 6) is 0.936. The summed E-state index contributed by atoms with van der Waals surface area (Å²) in [5, 5.41) is 9.88. The second-order valence-electron chi connectivity index (χ2n) is 5.62. The predicted octanol–water partition coefficient (Wildman–Crippen LogP) is 2.99. The average Bonchev–Trinajstić information content (AvgIpc) is 2.48. The number of phenols is 1. The minimum atomic E-state index is -0.0787. The van der Waals surface area contributed by atoms with Crippen LogP contribution in [0.5, 0.6) is 5.75 Å². The van der Waals surface area contributed by atoms with Gasteiger partial charge in [0, 0.05) is 12.5 Å². The number of likely N-dealkylation sites (tertiary alicyclic amines) is 1. The Bertz CT molecular complexity index is 576. The van der Waals surface area contributed by atoms with E-state index in [-0.39, 0.29) is 17.7 Å². The Morgan fingerprint density at radius 1 is 1.25 bits per heavy atom. The van der Waals surface area contributed by atoms with Gasteiger partial charge in [-0.1, -0.05) is 43.4 Å². The van der Waals surface area contributed by atoms with Gasteiger partial charge in [0.25, 0.3) is 5.91 Å². The highest BCUT2D eigenvalue weighted by molar-refractivity contribution is 5.97. The number of phenolic OH excluding ortho intramolecular Hbond substituents is 1. The SMILES string of the molecule is C[C@@H]1CCN(C(=O)c2ccccc2O)[C@H]2C=CC=C[C@H]12. The number of amides is 1. The lowest BCUT2D eigenvalue weighted by Crippen LogP contribution is -2.50. The quantitative estimate of drug-likeness (QED) is 0.851. The van der Waals surface area contributed by atoms with Crippen LogP contribution in [0.15, 0.2) is 48.6 Å². The molecule has 1 aromatic carbocycles. The number of carbonyl (C=O) groups excluding carboxylic acids is 1. The van der Waals surface area contributed by atoms with E-state index in [0.29, 0.717) is 17.4 Å².